The smallest absolute Gasteiger partial charge is 0.138 e. The molecule has 0 spiro atoms. The summed E-state index contributed by atoms with van der Waals surface area (Å²) < 4.78 is 14.0. The molecule has 0 atom stereocenters. The summed E-state index contributed by atoms with van der Waals surface area (Å²) in [4.78, 5) is 0. The van der Waals surface area contributed by atoms with Crippen LogP contribution in [0.4, 0.5) is 4.39 Å². The highest BCUT2D eigenvalue weighted by Gasteiger charge is 2.06. The van der Waals surface area contributed by atoms with Gasteiger partial charge < -0.3 is 0 Å². The van der Waals surface area contributed by atoms with Crippen LogP contribution in [0.25, 0.3) is 0 Å². The molecule has 0 saturated heterocycles. The second kappa shape index (κ2) is 4.01. The SMILES string of the molecule is N#CCc1cc(Br)cc(F)c1Br. The highest BCUT2D eigenvalue weighted by Crippen LogP contribution is 2.25. The van der Waals surface area contributed by atoms with E-state index in [2.05, 4.69) is 31.9 Å². The van der Waals surface area contributed by atoms with Gasteiger partial charge in [-0.05, 0) is 33.6 Å². The average molecular weight is 293 g/mol. The second-order valence-corrected chi connectivity index (χ2v) is 3.90. The van der Waals surface area contributed by atoms with E-state index >= 15 is 0 Å². The summed E-state index contributed by atoms with van der Waals surface area (Å²) >= 11 is 6.22. The molecule has 0 heterocycles. The van der Waals surface area contributed by atoms with Crippen molar-refractivity contribution in [2.24, 2.45) is 0 Å². The molecule has 1 aromatic rings. The first kappa shape index (κ1) is 9.69. The van der Waals surface area contributed by atoms with Crippen molar-refractivity contribution in [3.63, 3.8) is 0 Å². The molecule has 4 heteroatoms. The molecule has 0 aliphatic heterocycles. The Morgan fingerprint density at radius 1 is 1.42 bits per heavy atom. The average Bonchev–Trinajstić information content (AvgIpc) is 2.00. The van der Waals surface area contributed by atoms with Crippen LogP contribution < -0.4 is 0 Å². The zero-order valence-corrected chi connectivity index (χ0v) is 9.11. The molecule has 0 radical (unpaired) electrons. The van der Waals surface area contributed by atoms with Gasteiger partial charge >= 0.3 is 0 Å². The lowest BCUT2D eigenvalue weighted by Gasteiger charge is -2.01. The van der Waals surface area contributed by atoms with Crippen LogP contribution in [-0.4, -0.2) is 0 Å². The molecule has 62 valence electrons. The van der Waals surface area contributed by atoms with Crippen molar-refractivity contribution in [3.05, 3.63) is 32.5 Å². The van der Waals surface area contributed by atoms with E-state index in [-0.39, 0.29) is 12.2 Å². The minimum atomic E-state index is -0.352. The van der Waals surface area contributed by atoms with Crippen molar-refractivity contribution in [1.29, 1.82) is 5.26 Å². The number of benzene rings is 1. The Hall–Kier alpha value is -0.400. The van der Waals surface area contributed by atoms with Crippen molar-refractivity contribution in [1.82, 2.24) is 0 Å². The molecule has 1 aromatic carbocycles. The van der Waals surface area contributed by atoms with Crippen LogP contribution in [0.15, 0.2) is 21.1 Å². The maximum absolute atomic E-state index is 13.0. The molecule has 0 aliphatic rings. The molecule has 1 nitrogen and oxygen atoms in total. The van der Waals surface area contributed by atoms with Gasteiger partial charge in [-0.2, -0.15) is 5.26 Å². The number of halogens is 3. The third kappa shape index (κ3) is 2.05. The summed E-state index contributed by atoms with van der Waals surface area (Å²) in [7, 11) is 0. The lowest BCUT2D eigenvalue weighted by atomic mass is 10.2. The van der Waals surface area contributed by atoms with E-state index in [1.807, 2.05) is 6.07 Å². The molecule has 0 aromatic heterocycles. The van der Waals surface area contributed by atoms with Crippen molar-refractivity contribution >= 4 is 31.9 Å². The van der Waals surface area contributed by atoms with Crippen LogP contribution in [0.2, 0.25) is 0 Å². The monoisotopic (exact) mass is 291 g/mol. The Bertz CT molecular complexity index is 344. The highest BCUT2D eigenvalue weighted by molar-refractivity contribution is 9.11. The van der Waals surface area contributed by atoms with E-state index in [0.717, 1.165) is 0 Å². The summed E-state index contributed by atoms with van der Waals surface area (Å²) in [5.41, 5.74) is 0.657. The van der Waals surface area contributed by atoms with E-state index in [9.17, 15) is 4.39 Å². The Balaban J connectivity index is 3.20. The first-order valence-electron chi connectivity index (χ1n) is 3.15. The Kier molecular flexibility index (Phi) is 3.24. The Labute approximate surface area is 86.5 Å². The van der Waals surface area contributed by atoms with Crippen LogP contribution >= 0.6 is 31.9 Å². The largest absolute Gasteiger partial charge is 0.206 e. The predicted molar refractivity (Wildman–Crippen MR) is 51.1 cm³/mol. The molecule has 12 heavy (non-hydrogen) atoms. The van der Waals surface area contributed by atoms with Gasteiger partial charge in [0.15, 0.2) is 0 Å². The normalized spacial score (nSPS) is 9.50. The lowest BCUT2D eigenvalue weighted by molar-refractivity contribution is 0.618. The van der Waals surface area contributed by atoms with Gasteiger partial charge in [0.25, 0.3) is 0 Å². The first-order valence-corrected chi connectivity index (χ1v) is 4.74. The quantitative estimate of drug-likeness (QED) is 0.728. The molecule has 1 rings (SSSR count). The summed E-state index contributed by atoms with van der Waals surface area (Å²) in [6, 6.07) is 5.03. The van der Waals surface area contributed by atoms with Crippen LogP contribution in [0.1, 0.15) is 5.56 Å². The molecule has 0 aliphatic carbocycles. The first-order chi connectivity index (χ1) is 5.65. The van der Waals surface area contributed by atoms with Gasteiger partial charge in [-0.3, -0.25) is 0 Å². The highest BCUT2D eigenvalue weighted by atomic mass is 79.9. The molecule has 0 saturated carbocycles. The molecule has 0 N–H and O–H groups in total. The fraction of sp³-hybridized carbons (Fsp3) is 0.125. The van der Waals surface area contributed by atoms with E-state index < -0.39 is 0 Å². The van der Waals surface area contributed by atoms with Gasteiger partial charge in [0, 0.05) is 4.47 Å². The standard InChI is InChI=1S/C8H4Br2FN/c9-6-3-5(1-2-12)8(10)7(11)4-6/h3-4H,1H2. The van der Waals surface area contributed by atoms with Gasteiger partial charge in [0.05, 0.1) is 17.0 Å². The van der Waals surface area contributed by atoms with Crippen LogP contribution in [0.3, 0.4) is 0 Å². The molecular weight excluding hydrogens is 289 g/mol. The third-order valence-electron chi connectivity index (χ3n) is 1.34. The summed E-state index contributed by atoms with van der Waals surface area (Å²) in [5.74, 6) is -0.352. The Morgan fingerprint density at radius 3 is 2.67 bits per heavy atom. The minimum absolute atomic E-state index is 0.205. The van der Waals surface area contributed by atoms with Crippen molar-refractivity contribution in [2.75, 3.05) is 0 Å². The van der Waals surface area contributed by atoms with Crippen LogP contribution in [0.5, 0.6) is 0 Å². The molecule has 0 bridgehead atoms. The van der Waals surface area contributed by atoms with Gasteiger partial charge in [-0.25, -0.2) is 4.39 Å². The van der Waals surface area contributed by atoms with E-state index in [0.29, 0.717) is 14.5 Å². The molecular formula is C8H4Br2FN. The fourth-order valence-corrected chi connectivity index (χ4v) is 1.67. The lowest BCUT2D eigenvalue weighted by Crippen LogP contribution is -1.88. The second-order valence-electron chi connectivity index (χ2n) is 2.20. The summed E-state index contributed by atoms with van der Waals surface area (Å²) in [5, 5.41) is 8.42. The summed E-state index contributed by atoms with van der Waals surface area (Å²) in [6.45, 7) is 0. The molecule has 0 fully saturated rings. The molecule has 0 amide bonds. The van der Waals surface area contributed by atoms with Crippen LogP contribution in [-0.2, 0) is 6.42 Å². The van der Waals surface area contributed by atoms with E-state index in [4.69, 9.17) is 5.26 Å². The Morgan fingerprint density at radius 2 is 2.08 bits per heavy atom. The zero-order chi connectivity index (χ0) is 9.14. The van der Waals surface area contributed by atoms with Gasteiger partial charge in [-0.15, -0.1) is 0 Å². The van der Waals surface area contributed by atoms with Crippen LogP contribution in [0, 0.1) is 17.1 Å². The minimum Gasteiger partial charge on any atom is -0.206 e. The van der Waals surface area contributed by atoms with Crippen molar-refractivity contribution in [3.8, 4) is 6.07 Å². The number of nitriles is 1. The van der Waals surface area contributed by atoms with Crippen molar-refractivity contribution < 1.29 is 4.39 Å². The zero-order valence-electron chi connectivity index (χ0n) is 5.94. The van der Waals surface area contributed by atoms with Gasteiger partial charge in [-0.1, -0.05) is 15.9 Å². The molecule has 0 unspecified atom stereocenters. The summed E-state index contributed by atoms with van der Waals surface area (Å²) in [6.07, 6.45) is 0.205. The third-order valence-corrected chi connectivity index (χ3v) is 2.68. The maximum Gasteiger partial charge on any atom is 0.138 e. The maximum atomic E-state index is 13.0. The topological polar surface area (TPSA) is 23.8 Å². The fourth-order valence-electron chi connectivity index (χ4n) is 0.823. The van der Waals surface area contributed by atoms with Gasteiger partial charge in [0.1, 0.15) is 5.82 Å². The van der Waals surface area contributed by atoms with E-state index in [1.165, 1.54) is 6.07 Å². The number of nitrogens with zero attached hydrogens (tertiary/aromatic N) is 1. The predicted octanol–water partition coefficient (Wildman–Crippen LogP) is 3.42. The number of rotatable bonds is 1. The number of hydrogen-bond acceptors (Lipinski definition) is 1. The number of hydrogen-bond donors (Lipinski definition) is 0. The van der Waals surface area contributed by atoms with Crippen molar-refractivity contribution in [2.45, 2.75) is 6.42 Å². The van der Waals surface area contributed by atoms with Gasteiger partial charge in [0.2, 0.25) is 0 Å². The van der Waals surface area contributed by atoms with E-state index in [1.54, 1.807) is 6.07 Å².